The summed E-state index contributed by atoms with van der Waals surface area (Å²) in [4.78, 5) is 173. The van der Waals surface area contributed by atoms with Gasteiger partial charge in [-0.25, -0.2) is 26.4 Å². The molecule has 131 heavy (non-hydrogen) atoms. The Morgan fingerprint density at radius 2 is 0.687 bits per heavy atom. The average Bonchev–Trinajstić information content (AvgIpc) is 0.802. The van der Waals surface area contributed by atoms with E-state index in [2.05, 4.69) is 45.1 Å². The molecule has 0 aromatic heterocycles. The quantitative estimate of drug-likeness (QED) is 0.0420. The van der Waals surface area contributed by atoms with E-state index >= 15 is 0 Å². The van der Waals surface area contributed by atoms with Crippen molar-refractivity contribution in [1.29, 1.82) is 0 Å². The Morgan fingerprint density at radius 1 is 0.366 bits per heavy atom. The summed E-state index contributed by atoms with van der Waals surface area (Å²) in [7, 11) is -7.18. The number of aryl methyl sites for hydroxylation is 4. The van der Waals surface area contributed by atoms with Crippen LogP contribution in [0.4, 0.5) is 9.59 Å². The van der Waals surface area contributed by atoms with E-state index in [9.17, 15) is 115 Å². The standard InChI is InChI=1S/C87H136N10O32S2/c1-7-130(118,119)45-43-128-86(116)92-21-35-126-41-39-124-33-19-90-80(106)72(47-60(3)79(105)89-18-32-123-38-37-122-31-17-88-56-75(98)97-29-27-95(58-77(101)102)25-23-94(57-76(99)100)24-26-96(28-30-97)59-78(103)104)54-73(81(107)91-20-34-125-40-42-127-36-22-93-87(117)129-44-46-131(120,121)8-2)55-74(85(114)115)53-71(50-63(6)84(112)113)69-16-12-65-9-13-66-51-68(15-11-64(66)10-14-67(65)52-69)70(48-61(4)82(108)109)49-62(5)83(110)111/h7-8,11-12,15-16,51-52,60-63,70-74,88H,1-2,9-10,13-14,17-50,53-59H2,3-6H3,(H,89,105)(H,90,106)(H,91,107)(H,92,116)(H,93,117)(H,99,100)(H,101,102)(H,103,104)(H,108,109)(H,110,111)(H,112,113)(H,114,115). The number of hydrogen-bond donors (Lipinski definition) is 13. The Balaban J connectivity index is 1.54. The number of benzene rings is 2. The molecular formula is C87H136N10O32S2. The molecule has 1 saturated heterocycles. The normalized spacial score (nSPS) is 15.8. The number of aliphatic carboxylic acids is 7. The molecule has 0 saturated carbocycles. The van der Waals surface area contributed by atoms with Crippen LogP contribution in [-0.4, -0.2) is 372 Å². The zero-order chi connectivity index (χ0) is 96.9. The van der Waals surface area contributed by atoms with Crippen molar-refractivity contribution in [1.82, 2.24) is 51.5 Å². The summed E-state index contributed by atoms with van der Waals surface area (Å²) < 4.78 is 90.3. The van der Waals surface area contributed by atoms with E-state index in [1.54, 1.807) is 35.5 Å². The molecule has 0 bridgehead atoms. The van der Waals surface area contributed by atoms with Gasteiger partial charge < -0.3 is 110 Å². The fourth-order valence-corrected chi connectivity index (χ4v) is 15.7. The first kappa shape index (κ1) is 113. The van der Waals surface area contributed by atoms with Crippen molar-refractivity contribution in [3.8, 4) is 0 Å². The van der Waals surface area contributed by atoms with Crippen LogP contribution in [0.5, 0.6) is 0 Å². The molecule has 42 nitrogen and oxygen atoms in total. The first-order chi connectivity index (χ1) is 62.3. The Labute approximate surface area is 765 Å². The largest absolute Gasteiger partial charge is 0.481 e. The highest BCUT2D eigenvalue weighted by Gasteiger charge is 2.37. The minimum atomic E-state index is -3.59. The SMILES string of the molecule is C=CS(=O)(=O)CCOC(=O)NCCOCCOCCNC(=O)C(CC(C)C(=O)NCCOCCOCCNCC(=O)N1CCN(CC(=O)O)CCN(CC(=O)O)CCN(CC(=O)O)CC1)CC(CC(CC(CC(C)C(=O)O)c1ccc2c(c1)CCc1ccc(C(CC(C)C(=O)O)CC(C)C(=O)O)cc1CC2)C(=O)O)C(=O)NCCOCCOCCNC(=O)OCCS(=O)(=O)C=C. The van der Waals surface area contributed by atoms with Gasteiger partial charge in [0.1, 0.15) is 13.2 Å². The molecule has 13 N–H and O–H groups in total. The lowest BCUT2D eigenvalue weighted by Gasteiger charge is -2.33. The van der Waals surface area contributed by atoms with Crippen molar-refractivity contribution in [2.24, 2.45) is 41.4 Å². The highest BCUT2D eigenvalue weighted by Crippen LogP contribution is 2.38. The summed E-state index contributed by atoms with van der Waals surface area (Å²) in [6.45, 7) is 12.3. The molecule has 2 aliphatic rings. The van der Waals surface area contributed by atoms with E-state index in [-0.39, 0.29) is 254 Å². The number of ether oxygens (including phenoxy) is 8. The van der Waals surface area contributed by atoms with Crippen LogP contribution < -0.4 is 31.9 Å². The molecule has 6 amide bonds. The zero-order valence-electron chi connectivity index (χ0n) is 75.5. The lowest BCUT2D eigenvalue weighted by molar-refractivity contribution is -0.144. The van der Waals surface area contributed by atoms with E-state index < -0.39 is 163 Å². The van der Waals surface area contributed by atoms with Gasteiger partial charge in [0.05, 0.1) is 141 Å². The number of amides is 6. The molecular weight excluding hydrogens is 1760 g/mol. The second kappa shape index (κ2) is 62.5. The van der Waals surface area contributed by atoms with Crippen molar-refractivity contribution >= 4 is 97.3 Å². The van der Waals surface area contributed by atoms with Crippen molar-refractivity contribution < 1.29 is 153 Å². The smallest absolute Gasteiger partial charge is 0.407 e. The number of sulfone groups is 2. The summed E-state index contributed by atoms with van der Waals surface area (Å²) in [6, 6.07) is 11.7. The van der Waals surface area contributed by atoms with Crippen molar-refractivity contribution in [3.05, 3.63) is 93.8 Å². The van der Waals surface area contributed by atoms with Gasteiger partial charge in [0, 0.05) is 120 Å². The summed E-state index contributed by atoms with van der Waals surface area (Å²) in [6.07, 6.45) is -0.0667. The van der Waals surface area contributed by atoms with E-state index in [1.807, 2.05) is 36.4 Å². The number of nitrogens with zero attached hydrogens (tertiary/aromatic N) is 4. The molecule has 44 heteroatoms. The van der Waals surface area contributed by atoms with Gasteiger partial charge in [0.25, 0.3) is 0 Å². The topological polar surface area (TPSA) is 591 Å². The van der Waals surface area contributed by atoms with Crippen LogP contribution in [0.15, 0.2) is 60.4 Å². The van der Waals surface area contributed by atoms with Gasteiger partial charge >= 0.3 is 54.0 Å². The number of carboxylic acid groups (broad SMARTS) is 7. The molecule has 738 valence electrons. The minimum Gasteiger partial charge on any atom is -0.481 e. The number of carbonyl (C=O) groups excluding carboxylic acids is 6. The Bertz CT molecular complexity index is 4170. The molecule has 1 heterocycles. The van der Waals surface area contributed by atoms with Gasteiger partial charge in [-0.2, -0.15) is 0 Å². The maximum absolute atomic E-state index is 14.9. The maximum Gasteiger partial charge on any atom is 0.407 e. The van der Waals surface area contributed by atoms with Gasteiger partial charge in [-0.1, -0.05) is 77.3 Å². The van der Waals surface area contributed by atoms with Crippen molar-refractivity contribution in [2.45, 2.75) is 110 Å². The fourth-order valence-electron chi connectivity index (χ4n) is 14.8. The third kappa shape index (κ3) is 48.4. The highest BCUT2D eigenvalue weighted by molar-refractivity contribution is 7.94. The van der Waals surface area contributed by atoms with Gasteiger partial charge in [-0.05, 0) is 116 Å². The second-order valence-electron chi connectivity index (χ2n) is 32.5. The lowest BCUT2D eigenvalue weighted by Crippen LogP contribution is -2.50. The molecule has 1 fully saturated rings. The Kier molecular flexibility index (Phi) is 54.1. The van der Waals surface area contributed by atoms with E-state index in [0.29, 0.717) is 31.2 Å². The van der Waals surface area contributed by atoms with E-state index in [1.165, 1.54) is 11.8 Å². The number of nitrogens with one attached hydrogen (secondary N) is 6. The van der Waals surface area contributed by atoms with E-state index in [0.717, 1.165) is 38.6 Å². The summed E-state index contributed by atoms with van der Waals surface area (Å²) in [5.41, 5.74) is 5.52. The first-order valence-electron chi connectivity index (χ1n) is 44.1. The highest BCUT2D eigenvalue weighted by atomic mass is 32.2. The van der Waals surface area contributed by atoms with Crippen LogP contribution in [0, 0.1) is 41.4 Å². The van der Waals surface area contributed by atoms with Crippen LogP contribution in [0.3, 0.4) is 0 Å². The molecule has 8 unspecified atom stereocenters. The monoisotopic (exact) mass is 1900 g/mol. The third-order valence-corrected chi connectivity index (χ3v) is 24.7. The number of alkyl carbamates (subject to hydrolysis) is 2. The number of hydrogen-bond acceptors (Lipinski definition) is 29. The number of fused-ring (bicyclic) bond motifs is 2. The average molecular weight is 1900 g/mol. The molecule has 0 spiro atoms. The van der Waals surface area contributed by atoms with Crippen LogP contribution in [0.2, 0.25) is 0 Å². The molecule has 0 radical (unpaired) electrons. The minimum absolute atomic E-state index is 0.000722. The third-order valence-electron chi connectivity index (χ3n) is 22.3. The summed E-state index contributed by atoms with van der Waals surface area (Å²) in [5.74, 6) is -19.0. The van der Waals surface area contributed by atoms with Crippen LogP contribution >= 0.6 is 0 Å². The molecule has 2 aromatic rings. The van der Waals surface area contributed by atoms with Gasteiger partial charge in [0.2, 0.25) is 23.6 Å². The number of carbonyl (C=O) groups is 13. The maximum atomic E-state index is 14.9. The van der Waals surface area contributed by atoms with Gasteiger partial charge in [0.15, 0.2) is 19.7 Å². The van der Waals surface area contributed by atoms with Crippen LogP contribution in [0.25, 0.3) is 0 Å². The number of carboxylic acids is 7. The van der Waals surface area contributed by atoms with E-state index in [4.69, 9.17) is 37.9 Å². The fraction of sp³-hybridized carbons (Fsp3) is 0.667. The van der Waals surface area contributed by atoms with Crippen molar-refractivity contribution in [3.63, 3.8) is 0 Å². The molecule has 1 aliphatic carbocycles. The van der Waals surface area contributed by atoms with Crippen LogP contribution in [0.1, 0.15) is 118 Å². The lowest BCUT2D eigenvalue weighted by atomic mass is 9.76. The summed E-state index contributed by atoms with van der Waals surface area (Å²) in [5, 5.41) is 87.9. The molecule has 1 aliphatic heterocycles. The van der Waals surface area contributed by atoms with Crippen molar-refractivity contribution in [2.75, 3.05) is 222 Å². The Hall–Kier alpha value is -9.87. The predicted octanol–water partition coefficient (Wildman–Crippen LogP) is 1.81. The Morgan fingerprint density at radius 3 is 1.04 bits per heavy atom. The molecule has 2 aromatic carbocycles. The second-order valence-corrected chi connectivity index (χ2v) is 36.6. The first-order valence-corrected chi connectivity index (χ1v) is 47.5. The number of rotatable bonds is 66. The van der Waals surface area contributed by atoms with Gasteiger partial charge in [-0.15, -0.1) is 0 Å². The van der Waals surface area contributed by atoms with Crippen LogP contribution in [-0.2, 0) is 136 Å². The zero-order valence-corrected chi connectivity index (χ0v) is 77.1. The molecule has 8 atom stereocenters. The predicted molar refractivity (Wildman–Crippen MR) is 475 cm³/mol. The van der Waals surface area contributed by atoms with Gasteiger partial charge in [-0.3, -0.25) is 67.4 Å². The molecule has 4 rings (SSSR count). The summed E-state index contributed by atoms with van der Waals surface area (Å²) >= 11 is 0.